The number of benzene rings is 2. The van der Waals surface area contributed by atoms with E-state index in [0.29, 0.717) is 32.7 Å². The molecule has 174 valence electrons. The minimum Gasteiger partial charge on any atom is -0.495 e. The number of hydrogen-bond acceptors (Lipinski definition) is 6. The van der Waals surface area contributed by atoms with Crippen molar-refractivity contribution in [3.8, 4) is 17.2 Å². The van der Waals surface area contributed by atoms with Crippen LogP contribution in [0.4, 0.5) is 10.5 Å². The maximum atomic E-state index is 13.3. The highest BCUT2D eigenvalue weighted by Gasteiger charge is 2.32. The minimum atomic E-state index is -0.802. The number of ether oxygens (including phenoxy) is 3. The fourth-order valence-electron chi connectivity index (χ4n) is 3.37. The van der Waals surface area contributed by atoms with Crippen molar-refractivity contribution in [2.45, 2.75) is 13.0 Å². The number of para-hydroxylation sites is 2. The Labute approximate surface area is 198 Å². The van der Waals surface area contributed by atoms with E-state index in [1.807, 2.05) is 0 Å². The van der Waals surface area contributed by atoms with E-state index in [2.05, 4.69) is 31.9 Å². The summed E-state index contributed by atoms with van der Waals surface area (Å²) < 4.78 is 16.6. The van der Waals surface area contributed by atoms with Crippen LogP contribution in [0.25, 0.3) is 0 Å². The molecule has 0 spiro atoms. The van der Waals surface area contributed by atoms with E-state index in [9.17, 15) is 14.4 Å². The van der Waals surface area contributed by atoms with Gasteiger partial charge in [-0.15, -0.1) is 0 Å². The SMILES string of the molecule is COc1ccccc1NC(=O)C1=C(C)NC(=O)N[C@H]1c1cc(Br)c(OCC(N)=O)c(OC)c1. The topological polar surface area (TPSA) is 141 Å². The van der Waals surface area contributed by atoms with Crippen LogP contribution in [0, 0.1) is 0 Å². The van der Waals surface area contributed by atoms with Crippen molar-refractivity contribution in [3.63, 3.8) is 0 Å². The summed E-state index contributed by atoms with van der Waals surface area (Å²) in [5, 5.41) is 8.23. The van der Waals surface area contributed by atoms with Crippen LogP contribution in [-0.4, -0.2) is 38.7 Å². The zero-order valence-electron chi connectivity index (χ0n) is 18.2. The molecule has 1 heterocycles. The molecule has 0 aliphatic carbocycles. The smallest absolute Gasteiger partial charge is 0.319 e. The molecule has 0 aromatic heterocycles. The largest absolute Gasteiger partial charge is 0.495 e. The normalized spacial score (nSPS) is 15.3. The summed E-state index contributed by atoms with van der Waals surface area (Å²) in [6, 6.07) is 9.00. The van der Waals surface area contributed by atoms with Gasteiger partial charge in [-0.2, -0.15) is 0 Å². The number of methoxy groups -OCH3 is 2. The molecule has 5 N–H and O–H groups in total. The molecular formula is C22H23BrN4O6. The first kappa shape index (κ1) is 23.9. The molecule has 0 fully saturated rings. The summed E-state index contributed by atoms with van der Waals surface area (Å²) in [5.74, 6) is -0.0310. The second-order valence-corrected chi connectivity index (χ2v) is 7.87. The molecule has 1 aliphatic heterocycles. The van der Waals surface area contributed by atoms with Gasteiger partial charge in [0.2, 0.25) is 0 Å². The Kier molecular flexibility index (Phi) is 7.44. The summed E-state index contributed by atoms with van der Waals surface area (Å²) in [6.45, 7) is 1.30. The van der Waals surface area contributed by atoms with Crippen LogP contribution in [0.5, 0.6) is 17.2 Å². The third kappa shape index (κ3) is 5.37. The minimum absolute atomic E-state index is 0.265. The Morgan fingerprint density at radius 2 is 1.85 bits per heavy atom. The summed E-state index contributed by atoms with van der Waals surface area (Å²) in [5.41, 5.74) is 6.87. The summed E-state index contributed by atoms with van der Waals surface area (Å²) in [7, 11) is 2.94. The molecule has 1 aliphatic rings. The first-order valence-corrected chi connectivity index (χ1v) is 10.6. The van der Waals surface area contributed by atoms with Crippen molar-refractivity contribution in [1.82, 2.24) is 10.6 Å². The van der Waals surface area contributed by atoms with Crippen LogP contribution in [0.15, 0.2) is 52.1 Å². The first-order valence-electron chi connectivity index (χ1n) is 9.76. The van der Waals surface area contributed by atoms with E-state index >= 15 is 0 Å². The number of halogens is 1. The highest BCUT2D eigenvalue weighted by molar-refractivity contribution is 9.10. The van der Waals surface area contributed by atoms with Crippen LogP contribution < -0.4 is 35.9 Å². The number of allylic oxidation sites excluding steroid dienone is 1. The zero-order valence-corrected chi connectivity index (χ0v) is 19.7. The van der Waals surface area contributed by atoms with Gasteiger partial charge in [-0.3, -0.25) is 9.59 Å². The summed E-state index contributed by atoms with van der Waals surface area (Å²) in [6.07, 6.45) is 0. The highest BCUT2D eigenvalue weighted by Crippen LogP contribution is 2.40. The zero-order chi connectivity index (χ0) is 24.1. The van der Waals surface area contributed by atoms with Crippen molar-refractivity contribution in [2.24, 2.45) is 5.73 Å². The maximum absolute atomic E-state index is 13.3. The molecular weight excluding hydrogens is 496 g/mol. The maximum Gasteiger partial charge on any atom is 0.319 e. The van der Waals surface area contributed by atoms with E-state index in [0.717, 1.165) is 0 Å². The van der Waals surface area contributed by atoms with Gasteiger partial charge < -0.3 is 35.9 Å². The van der Waals surface area contributed by atoms with Gasteiger partial charge >= 0.3 is 6.03 Å². The quantitative estimate of drug-likeness (QED) is 0.423. The third-order valence-electron chi connectivity index (χ3n) is 4.81. The molecule has 33 heavy (non-hydrogen) atoms. The van der Waals surface area contributed by atoms with Crippen molar-refractivity contribution in [3.05, 3.63) is 57.7 Å². The molecule has 2 aromatic carbocycles. The van der Waals surface area contributed by atoms with E-state index in [4.69, 9.17) is 19.9 Å². The number of nitrogens with one attached hydrogen (secondary N) is 3. The number of primary amides is 1. The lowest BCUT2D eigenvalue weighted by Gasteiger charge is -2.29. The van der Waals surface area contributed by atoms with Gasteiger partial charge in [-0.1, -0.05) is 12.1 Å². The predicted octanol–water partition coefficient (Wildman–Crippen LogP) is 2.60. The third-order valence-corrected chi connectivity index (χ3v) is 5.40. The van der Waals surface area contributed by atoms with Gasteiger partial charge in [0.25, 0.3) is 11.8 Å². The van der Waals surface area contributed by atoms with E-state index in [1.165, 1.54) is 14.2 Å². The summed E-state index contributed by atoms with van der Waals surface area (Å²) in [4.78, 5) is 36.6. The molecule has 1 atom stereocenters. The molecule has 4 amide bonds. The fraction of sp³-hybridized carbons (Fsp3) is 0.227. The van der Waals surface area contributed by atoms with Crippen LogP contribution in [0.3, 0.4) is 0 Å². The Morgan fingerprint density at radius 1 is 1.15 bits per heavy atom. The van der Waals surface area contributed by atoms with E-state index in [-0.39, 0.29) is 18.1 Å². The lowest BCUT2D eigenvalue weighted by atomic mass is 9.94. The molecule has 2 aromatic rings. The van der Waals surface area contributed by atoms with Gasteiger partial charge in [0.1, 0.15) is 5.75 Å². The second-order valence-electron chi connectivity index (χ2n) is 7.01. The highest BCUT2D eigenvalue weighted by atomic mass is 79.9. The number of carbonyl (C=O) groups is 3. The van der Waals surface area contributed by atoms with Crippen molar-refractivity contribution in [2.75, 3.05) is 26.1 Å². The molecule has 11 heteroatoms. The summed E-state index contributed by atoms with van der Waals surface area (Å²) >= 11 is 3.40. The molecule has 0 unspecified atom stereocenters. The Bertz CT molecular complexity index is 1130. The second kappa shape index (κ2) is 10.3. The van der Waals surface area contributed by atoms with E-state index < -0.39 is 23.9 Å². The molecule has 0 saturated heterocycles. The van der Waals surface area contributed by atoms with Gasteiger partial charge in [0, 0.05) is 5.70 Å². The Hall–Kier alpha value is -3.73. The van der Waals surface area contributed by atoms with Crippen molar-refractivity contribution >= 4 is 39.5 Å². The van der Waals surface area contributed by atoms with Crippen LogP contribution in [-0.2, 0) is 9.59 Å². The molecule has 3 rings (SSSR count). The number of hydrogen-bond donors (Lipinski definition) is 4. The molecule has 0 radical (unpaired) electrons. The number of anilines is 1. The Balaban J connectivity index is 2.00. The number of urea groups is 1. The van der Waals surface area contributed by atoms with Gasteiger partial charge in [0.05, 0.1) is 36.0 Å². The van der Waals surface area contributed by atoms with Crippen LogP contribution in [0.2, 0.25) is 0 Å². The molecule has 10 nitrogen and oxygen atoms in total. The monoisotopic (exact) mass is 518 g/mol. The first-order chi connectivity index (χ1) is 15.7. The number of rotatable bonds is 8. The predicted molar refractivity (Wildman–Crippen MR) is 124 cm³/mol. The van der Waals surface area contributed by atoms with Crippen molar-refractivity contribution < 1.29 is 28.6 Å². The van der Waals surface area contributed by atoms with Gasteiger partial charge in [-0.25, -0.2) is 4.79 Å². The molecule has 0 saturated carbocycles. The van der Waals surface area contributed by atoms with Gasteiger partial charge in [0.15, 0.2) is 18.1 Å². The fourth-order valence-corrected chi connectivity index (χ4v) is 3.95. The average molecular weight is 519 g/mol. The van der Waals surface area contributed by atoms with Crippen LogP contribution in [0.1, 0.15) is 18.5 Å². The number of carbonyl (C=O) groups excluding carboxylic acids is 3. The Morgan fingerprint density at radius 3 is 2.52 bits per heavy atom. The standard InChI is InChI=1S/C22H23BrN4O6/c1-11-18(21(29)26-14-6-4-5-7-15(14)31-2)19(27-22(30)25-11)12-8-13(23)20(16(9-12)32-3)33-10-17(24)28/h4-9,19H,10H2,1-3H3,(H2,24,28)(H,26,29)(H2,25,27,30)/t19-/m0/s1. The van der Waals surface area contributed by atoms with Crippen molar-refractivity contribution in [1.29, 1.82) is 0 Å². The number of amides is 4. The average Bonchev–Trinajstić information content (AvgIpc) is 2.77. The van der Waals surface area contributed by atoms with Gasteiger partial charge in [-0.05, 0) is 52.7 Å². The lowest BCUT2D eigenvalue weighted by molar-refractivity contribution is -0.120. The molecule has 0 bridgehead atoms. The van der Waals surface area contributed by atoms with E-state index in [1.54, 1.807) is 43.3 Å². The number of nitrogens with two attached hydrogens (primary N) is 1. The lowest BCUT2D eigenvalue weighted by Crippen LogP contribution is -2.46. The van der Waals surface area contributed by atoms with Crippen LogP contribution >= 0.6 is 15.9 Å².